The zero-order valence-electron chi connectivity index (χ0n) is 13.3. The van der Waals surface area contributed by atoms with Crippen LogP contribution in [0.4, 0.5) is 0 Å². The van der Waals surface area contributed by atoms with E-state index in [0.29, 0.717) is 5.82 Å². The van der Waals surface area contributed by atoms with E-state index in [0.717, 1.165) is 37.1 Å². The Morgan fingerprint density at radius 1 is 1.43 bits per heavy atom. The van der Waals surface area contributed by atoms with E-state index in [1.165, 1.54) is 6.26 Å². The zero-order valence-corrected chi connectivity index (χ0v) is 14.1. The number of nitrogens with zero attached hydrogens (tertiary/aromatic N) is 2. The minimum Gasteiger partial charge on any atom is -0.310 e. The lowest BCUT2D eigenvalue weighted by atomic mass is 9.74. The normalized spacial score (nSPS) is 21.0. The molecule has 1 aromatic heterocycles. The average molecular weight is 311 g/mol. The van der Waals surface area contributed by atoms with Crippen LogP contribution < -0.4 is 5.32 Å². The van der Waals surface area contributed by atoms with Gasteiger partial charge in [0.1, 0.15) is 11.6 Å². The SMILES string of the molecule is CCCNC1CC(C)(C)Cc2nc(CS(C)(=O)=O)ncc21. The number of rotatable bonds is 5. The van der Waals surface area contributed by atoms with Crippen LogP contribution in [0, 0.1) is 5.41 Å². The Balaban J connectivity index is 2.32. The molecule has 1 heterocycles. The van der Waals surface area contributed by atoms with Gasteiger partial charge in [0, 0.05) is 29.8 Å². The Bertz CT molecular complexity index is 611. The molecule has 1 atom stereocenters. The van der Waals surface area contributed by atoms with Gasteiger partial charge in [-0.3, -0.25) is 0 Å². The number of hydrogen-bond acceptors (Lipinski definition) is 5. The quantitative estimate of drug-likeness (QED) is 0.901. The van der Waals surface area contributed by atoms with Gasteiger partial charge in [0.05, 0.1) is 0 Å². The van der Waals surface area contributed by atoms with Gasteiger partial charge < -0.3 is 5.32 Å². The highest BCUT2D eigenvalue weighted by atomic mass is 32.2. The Morgan fingerprint density at radius 2 is 2.14 bits per heavy atom. The summed E-state index contributed by atoms with van der Waals surface area (Å²) in [5, 5.41) is 3.55. The molecule has 0 amide bonds. The third-order valence-electron chi connectivity index (χ3n) is 3.76. The van der Waals surface area contributed by atoms with Gasteiger partial charge in [0.2, 0.25) is 0 Å². The Hall–Kier alpha value is -1.01. The maximum Gasteiger partial charge on any atom is 0.154 e. The smallest absolute Gasteiger partial charge is 0.154 e. The van der Waals surface area contributed by atoms with E-state index in [2.05, 4.69) is 36.1 Å². The van der Waals surface area contributed by atoms with Crippen molar-refractivity contribution in [2.75, 3.05) is 12.8 Å². The first-order chi connectivity index (χ1) is 9.70. The molecule has 21 heavy (non-hydrogen) atoms. The van der Waals surface area contributed by atoms with Crippen LogP contribution in [-0.2, 0) is 22.0 Å². The van der Waals surface area contributed by atoms with Gasteiger partial charge in [0.15, 0.2) is 9.84 Å². The summed E-state index contributed by atoms with van der Waals surface area (Å²) in [4.78, 5) is 8.78. The number of hydrogen-bond donors (Lipinski definition) is 1. The van der Waals surface area contributed by atoms with Crippen LogP contribution in [0.1, 0.15) is 56.7 Å². The van der Waals surface area contributed by atoms with E-state index in [4.69, 9.17) is 0 Å². The van der Waals surface area contributed by atoms with Crippen LogP contribution in [0.15, 0.2) is 6.20 Å². The van der Waals surface area contributed by atoms with Gasteiger partial charge in [-0.1, -0.05) is 20.8 Å². The molecule has 1 aliphatic carbocycles. The van der Waals surface area contributed by atoms with Crippen LogP contribution in [-0.4, -0.2) is 31.2 Å². The molecule has 0 saturated heterocycles. The molecule has 5 nitrogen and oxygen atoms in total. The van der Waals surface area contributed by atoms with Crippen LogP contribution in [0.2, 0.25) is 0 Å². The molecule has 0 fully saturated rings. The largest absolute Gasteiger partial charge is 0.310 e. The summed E-state index contributed by atoms with van der Waals surface area (Å²) in [6.45, 7) is 7.57. The monoisotopic (exact) mass is 311 g/mol. The van der Waals surface area contributed by atoms with Crippen molar-refractivity contribution in [3.8, 4) is 0 Å². The molecule has 0 saturated carbocycles. The average Bonchev–Trinajstić information content (AvgIpc) is 2.32. The summed E-state index contributed by atoms with van der Waals surface area (Å²) in [5.41, 5.74) is 2.28. The highest BCUT2D eigenvalue weighted by molar-refractivity contribution is 7.89. The lowest BCUT2D eigenvalue weighted by Gasteiger charge is -2.36. The van der Waals surface area contributed by atoms with Crippen molar-refractivity contribution in [3.63, 3.8) is 0 Å². The lowest BCUT2D eigenvalue weighted by molar-refractivity contribution is 0.253. The van der Waals surface area contributed by atoms with Gasteiger partial charge in [0.25, 0.3) is 0 Å². The first-order valence-electron chi connectivity index (χ1n) is 7.46. The van der Waals surface area contributed by atoms with Crippen molar-refractivity contribution in [2.45, 2.75) is 51.8 Å². The summed E-state index contributed by atoms with van der Waals surface area (Å²) in [6.07, 6.45) is 6.02. The van der Waals surface area contributed by atoms with Gasteiger partial charge in [-0.05, 0) is 31.2 Å². The summed E-state index contributed by atoms with van der Waals surface area (Å²) in [6, 6.07) is 0.260. The van der Waals surface area contributed by atoms with Crippen LogP contribution in [0.5, 0.6) is 0 Å². The molecule has 1 aromatic rings. The molecule has 6 heteroatoms. The van der Waals surface area contributed by atoms with Crippen molar-refractivity contribution in [2.24, 2.45) is 5.41 Å². The van der Waals surface area contributed by atoms with Crippen molar-refractivity contribution in [3.05, 3.63) is 23.3 Å². The predicted molar refractivity (Wildman–Crippen MR) is 83.7 cm³/mol. The summed E-state index contributed by atoms with van der Waals surface area (Å²) in [7, 11) is -3.10. The second-order valence-corrected chi connectivity index (χ2v) is 8.95. The summed E-state index contributed by atoms with van der Waals surface area (Å²) in [5.74, 6) is 0.316. The second kappa shape index (κ2) is 6.01. The molecule has 0 aliphatic heterocycles. The third kappa shape index (κ3) is 4.48. The highest BCUT2D eigenvalue weighted by Gasteiger charge is 2.33. The maximum absolute atomic E-state index is 11.4. The van der Waals surface area contributed by atoms with Crippen molar-refractivity contribution in [1.82, 2.24) is 15.3 Å². The van der Waals surface area contributed by atoms with E-state index in [1.807, 2.05) is 6.20 Å². The molecule has 0 aromatic carbocycles. The third-order valence-corrected chi connectivity index (χ3v) is 4.54. The molecule has 2 rings (SSSR count). The molecule has 1 unspecified atom stereocenters. The van der Waals surface area contributed by atoms with Gasteiger partial charge in [-0.25, -0.2) is 18.4 Å². The molecular weight excluding hydrogens is 286 g/mol. The standard InChI is InChI=1S/C15H25N3O2S/c1-5-6-16-12-7-15(2,3)8-13-11(12)9-17-14(18-13)10-21(4,19)20/h9,12,16H,5-8,10H2,1-4H3. The van der Waals surface area contributed by atoms with Crippen LogP contribution >= 0.6 is 0 Å². The number of aromatic nitrogens is 2. The molecule has 1 aliphatic rings. The molecule has 0 bridgehead atoms. The Kier molecular flexibility index (Phi) is 4.68. The minimum atomic E-state index is -3.10. The highest BCUT2D eigenvalue weighted by Crippen LogP contribution is 2.39. The zero-order chi connectivity index (χ0) is 15.7. The molecule has 0 spiro atoms. The van der Waals surface area contributed by atoms with E-state index >= 15 is 0 Å². The van der Waals surface area contributed by atoms with Gasteiger partial charge >= 0.3 is 0 Å². The fraction of sp³-hybridized carbons (Fsp3) is 0.733. The van der Waals surface area contributed by atoms with E-state index in [9.17, 15) is 8.42 Å². The first kappa shape index (κ1) is 16.4. The fourth-order valence-corrected chi connectivity index (χ4v) is 3.50. The molecule has 0 radical (unpaired) electrons. The topological polar surface area (TPSA) is 72.0 Å². The van der Waals surface area contributed by atoms with Crippen molar-refractivity contribution in [1.29, 1.82) is 0 Å². The lowest BCUT2D eigenvalue weighted by Crippen LogP contribution is -2.34. The molecular formula is C15H25N3O2S. The molecule has 1 N–H and O–H groups in total. The van der Waals surface area contributed by atoms with Gasteiger partial charge in [-0.2, -0.15) is 0 Å². The maximum atomic E-state index is 11.4. The van der Waals surface area contributed by atoms with E-state index in [1.54, 1.807) is 0 Å². The van der Waals surface area contributed by atoms with Gasteiger partial charge in [-0.15, -0.1) is 0 Å². The first-order valence-corrected chi connectivity index (χ1v) is 9.52. The molecule has 118 valence electrons. The Labute approximate surface area is 127 Å². The van der Waals surface area contributed by atoms with E-state index < -0.39 is 9.84 Å². The minimum absolute atomic E-state index is 0.0895. The fourth-order valence-electron chi connectivity index (χ4n) is 2.89. The van der Waals surface area contributed by atoms with Crippen molar-refractivity contribution >= 4 is 9.84 Å². The Morgan fingerprint density at radius 3 is 2.76 bits per heavy atom. The van der Waals surface area contributed by atoms with Crippen molar-refractivity contribution < 1.29 is 8.42 Å². The number of fused-ring (bicyclic) bond motifs is 1. The summed E-state index contributed by atoms with van der Waals surface area (Å²) >= 11 is 0. The number of nitrogens with one attached hydrogen (secondary N) is 1. The van der Waals surface area contributed by atoms with Crippen LogP contribution in [0.25, 0.3) is 0 Å². The summed E-state index contributed by atoms with van der Waals surface area (Å²) < 4.78 is 22.8. The number of sulfone groups is 1. The van der Waals surface area contributed by atoms with Crippen LogP contribution in [0.3, 0.4) is 0 Å². The second-order valence-electron chi connectivity index (χ2n) is 6.81. The predicted octanol–water partition coefficient (Wildman–Crippen LogP) is 2.03. The van der Waals surface area contributed by atoms with E-state index in [-0.39, 0.29) is 17.2 Å².